The Hall–Kier alpha value is -2.74. The lowest BCUT2D eigenvalue weighted by Crippen LogP contribution is -2.01. The monoisotopic (exact) mass is 350 g/mol. The van der Waals surface area contributed by atoms with Crippen LogP contribution >= 0.6 is 11.3 Å². The summed E-state index contributed by atoms with van der Waals surface area (Å²) in [6.45, 7) is -2.67. The highest BCUT2D eigenvalue weighted by Gasteiger charge is 2.07. The minimum atomic E-state index is -2.84. The van der Waals surface area contributed by atoms with Crippen molar-refractivity contribution in [2.45, 2.75) is 13.2 Å². The lowest BCUT2D eigenvalue weighted by molar-refractivity contribution is -0.0498. The van der Waals surface area contributed by atoms with E-state index in [0.717, 1.165) is 4.88 Å². The number of hydrogen-bond acceptors (Lipinski definition) is 6. The van der Waals surface area contributed by atoms with E-state index < -0.39 is 6.61 Å². The number of oxime groups is 1. The molecule has 0 aliphatic heterocycles. The molecule has 0 bridgehead atoms. The number of halogens is 2. The molecular weight excluding hydrogens is 338 g/mol. The zero-order valence-corrected chi connectivity index (χ0v) is 13.1. The fourth-order valence-corrected chi connectivity index (χ4v) is 2.48. The number of thiophene rings is 1. The van der Waals surface area contributed by atoms with Gasteiger partial charge in [0.25, 0.3) is 0 Å². The Bertz CT molecular complexity index is 786. The summed E-state index contributed by atoms with van der Waals surface area (Å²) in [5.74, 6) is 0.633. The molecule has 2 aromatic heterocycles. The molecule has 0 aliphatic carbocycles. The summed E-state index contributed by atoms with van der Waals surface area (Å²) in [6, 6.07) is 9.88. The molecule has 0 spiro atoms. The zero-order valence-electron chi connectivity index (χ0n) is 12.3. The van der Waals surface area contributed by atoms with E-state index in [9.17, 15) is 8.78 Å². The second-order valence-electron chi connectivity index (χ2n) is 4.58. The Morgan fingerprint density at radius 2 is 2.08 bits per heavy atom. The number of ether oxygens (including phenoxy) is 1. The molecule has 0 aliphatic rings. The number of oxazole rings is 1. The first-order valence-corrected chi connectivity index (χ1v) is 7.77. The molecule has 124 valence electrons. The third-order valence-corrected chi connectivity index (χ3v) is 3.74. The van der Waals surface area contributed by atoms with Crippen LogP contribution in [0.3, 0.4) is 0 Å². The highest BCUT2D eigenvalue weighted by atomic mass is 32.1. The van der Waals surface area contributed by atoms with E-state index in [4.69, 9.17) is 9.25 Å². The van der Waals surface area contributed by atoms with Gasteiger partial charge >= 0.3 is 6.61 Å². The standard InChI is InChI=1S/C16H12F2N2O3S/c17-16(18)23-13-5-3-11(4-6-13)8-19-22-10-12-9-21-15(20-12)14-2-1-7-24-14/h1-9,16H,10H2/b19-8+. The number of aromatic nitrogens is 1. The fourth-order valence-electron chi connectivity index (χ4n) is 1.82. The number of benzene rings is 1. The average Bonchev–Trinajstić information content (AvgIpc) is 3.24. The van der Waals surface area contributed by atoms with Crippen LogP contribution in [0.15, 0.2) is 57.6 Å². The predicted octanol–water partition coefficient (Wildman–Crippen LogP) is 4.56. The van der Waals surface area contributed by atoms with Crippen molar-refractivity contribution in [2.24, 2.45) is 5.16 Å². The summed E-state index contributed by atoms with van der Waals surface area (Å²) in [5.41, 5.74) is 1.31. The van der Waals surface area contributed by atoms with Gasteiger partial charge in [-0.25, -0.2) is 4.98 Å². The van der Waals surface area contributed by atoms with Crippen LogP contribution in [-0.2, 0) is 11.4 Å². The van der Waals surface area contributed by atoms with Gasteiger partial charge in [-0.3, -0.25) is 0 Å². The molecule has 0 unspecified atom stereocenters. The summed E-state index contributed by atoms with van der Waals surface area (Å²) < 4.78 is 33.7. The van der Waals surface area contributed by atoms with Crippen molar-refractivity contribution >= 4 is 17.6 Å². The first-order valence-electron chi connectivity index (χ1n) is 6.89. The first-order chi connectivity index (χ1) is 11.7. The molecule has 8 heteroatoms. The van der Waals surface area contributed by atoms with E-state index in [-0.39, 0.29) is 12.4 Å². The van der Waals surface area contributed by atoms with Gasteiger partial charge in [0.05, 0.1) is 11.1 Å². The van der Waals surface area contributed by atoms with Crippen molar-refractivity contribution < 1.29 is 22.8 Å². The van der Waals surface area contributed by atoms with E-state index in [0.29, 0.717) is 17.1 Å². The largest absolute Gasteiger partial charge is 0.443 e. The van der Waals surface area contributed by atoms with E-state index in [1.54, 1.807) is 12.1 Å². The molecular formula is C16H12F2N2O3S. The predicted molar refractivity (Wildman–Crippen MR) is 85.3 cm³/mol. The van der Waals surface area contributed by atoms with Gasteiger partial charge in [0.2, 0.25) is 5.89 Å². The summed E-state index contributed by atoms with van der Waals surface area (Å²) >= 11 is 1.54. The van der Waals surface area contributed by atoms with Gasteiger partial charge in [0.1, 0.15) is 17.7 Å². The Morgan fingerprint density at radius 1 is 1.25 bits per heavy atom. The molecule has 0 radical (unpaired) electrons. The van der Waals surface area contributed by atoms with Gasteiger partial charge in [-0.15, -0.1) is 11.3 Å². The third kappa shape index (κ3) is 4.39. The van der Waals surface area contributed by atoms with Crippen LogP contribution in [0, 0.1) is 0 Å². The summed E-state index contributed by atoms with van der Waals surface area (Å²) in [7, 11) is 0. The van der Waals surface area contributed by atoms with E-state index in [2.05, 4.69) is 14.9 Å². The van der Waals surface area contributed by atoms with Gasteiger partial charge in [-0.05, 0) is 41.3 Å². The molecule has 0 N–H and O–H groups in total. The minimum absolute atomic E-state index is 0.0896. The third-order valence-electron chi connectivity index (χ3n) is 2.88. The maximum absolute atomic E-state index is 12.0. The fraction of sp³-hybridized carbons (Fsp3) is 0.125. The van der Waals surface area contributed by atoms with Crippen LogP contribution < -0.4 is 4.74 Å². The van der Waals surface area contributed by atoms with E-state index in [1.165, 1.54) is 35.9 Å². The zero-order chi connectivity index (χ0) is 16.8. The number of hydrogen-bond donors (Lipinski definition) is 0. The smallest absolute Gasteiger partial charge is 0.387 e. The van der Waals surface area contributed by atoms with Gasteiger partial charge in [-0.1, -0.05) is 11.2 Å². The molecule has 0 fully saturated rings. The maximum Gasteiger partial charge on any atom is 0.387 e. The Kier molecular flexibility index (Phi) is 5.17. The van der Waals surface area contributed by atoms with Crippen molar-refractivity contribution in [3.63, 3.8) is 0 Å². The average molecular weight is 350 g/mol. The van der Waals surface area contributed by atoms with Gasteiger partial charge in [-0.2, -0.15) is 8.78 Å². The molecule has 0 atom stereocenters. The van der Waals surface area contributed by atoms with Crippen molar-refractivity contribution in [1.29, 1.82) is 0 Å². The second kappa shape index (κ2) is 7.69. The molecule has 3 rings (SSSR count). The topological polar surface area (TPSA) is 56.9 Å². The van der Waals surface area contributed by atoms with E-state index >= 15 is 0 Å². The van der Waals surface area contributed by atoms with Crippen LogP contribution in [0.1, 0.15) is 11.3 Å². The number of nitrogens with zero attached hydrogens (tertiary/aromatic N) is 2. The Labute approximate surface area is 140 Å². The number of rotatable bonds is 7. The second-order valence-corrected chi connectivity index (χ2v) is 5.52. The molecule has 3 aromatic rings. The molecule has 1 aromatic carbocycles. The molecule has 0 amide bonds. The SMILES string of the molecule is FC(F)Oc1ccc(/C=N/OCc2coc(-c3cccs3)n2)cc1. The molecule has 2 heterocycles. The first kappa shape index (κ1) is 16.1. The maximum atomic E-state index is 12.0. The van der Waals surface area contributed by atoms with Crippen molar-refractivity contribution in [3.05, 3.63) is 59.3 Å². The van der Waals surface area contributed by atoms with Crippen molar-refractivity contribution in [1.82, 2.24) is 4.98 Å². The lowest BCUT2D eigenvalue weighted by Gasteiger charge is -2.03. The molecule has 0 saturated carbocycles. The Balaban J connectivity index is 1.50. The van der Waals surface area contributed by atoms with Crippen LogP contribution in [0.2, 0.25) is 0 Å². The molecule has 24 heavy (non-hydrogen) atoms. The number of alkyl halides is 2. The minimum Gasteiger partial charge on any atom is -0.443 e. The van der Waals surface area contributed by atoms with Crippen LogP contribution in [-0.4, -0.2) is 17.8 Å². The normalized spacial score (nSPS) is 11.3. The van der Waals surface area contributed by atoms with Gasteiger partial charge < -0.3 is 14.0 Å². The molecule has 5 nitrogen and oxygen atoms in total. The Morgan fingerprint density at radius 3 is 2.79 bits per heavy atom. The van der Waals surface area contributed by atoms with Crippen LogP contribution in [0.25, 0.3) is 10.8 Å². The van der Waals surface area contributed by atoms with Gasteiger partial charge in [0.15, 0.2) is 6.61 Å². The van der Waals surface area contributed by atoms with Crippen molar-refractivity contribution in [3.8, 4) is 16.5 Å². The lowest BCUT2D eigenvalue weighted by atomic mass is 10.2. The van der Waals surface area contributed by atoms with Crippen LogP contribution in [0.4, 0.5) is 8.78 Å². The van der Waals surface area contributed by atoms with E-state index in [1.807, 2.05) is 17.5 Å². The highest BCUT2D eigenvalue weighted by molar-refractivity contribution is 7.13. The quantitative estimate of drug-likeness (QED) is 0.463. The summed E-state index contributed by atoms with van der Waals surface area (Å²) in [4.78, 5) is 10.4. The van der Waals surface area contributed by atoms with Crippen molar-refractivity contribution in [2.75, 3.05) is 0 Å². The van der Waals surface area contributed by atoms with Gasteiger partial charge in [0, 0.05) is 0 Å². The molecule has 0 saturated heterocycles. The highest BCUT2D eigenvalue weighted by Crippen LogP contribution is 2.23. The summed E-state index contributed by atoms with van der Waals surface area (Å²) in [6.07, 6.45) is 2.98. The van der Waals surface area contributed by atoms with Crippen LogP contribution in [0.5, 0.6) is 5.75 Å². The summed E-state index contributed by atoms with van der Waals surface area (Å²) in [5, 5.41) is 5.75.